The Labute approximate surface area is 111 Å². The van der Waals surface area contributed by atoms with Crippen molar-refractivity contribution >= 4 is 29.3 Å². The van der Waals surface area contributed by atoms with Crippen molar-refractivity contribution in [1.82, 2.24) is 0 Å². The van der Waals surface area contributed by atoms with Crippen LogP contribution in [0.15, 0.2) is 40.1 Å². The van der Waals surface area contributed by atoms with Gasteiger partial charge in [0.25, 0.3) is 0 Å². The standard InChI is InChI=1S/C14H16OS2/c1-14(2)9-11(13(16-3)17-14)12(15)10-7-5-4-6-8-10/h4-8H,9H2,1-3H3. The molecule has 1 aliphatic rings. The molecule has 0 radical (unpaired) electrons. The molecule has 1 aromatic carbocycles. The molecule has 0 unspecified atom stereocenters. The maximum absolute atomic E-state index is 12.4. The predicted molar refractivity (Wildman–Crippen MR) is 77.6 cm³/mol. The van der Waals surface area contributed by atoms with Crippen molar-refractivity contribution in [1.29, 1.82) is 0 Å². The van der Waals surface area contributed by atoms with E-state index in [2.05, 4.69) is 13.8 Å². The Hall–Kier alpha value is -0.670. The van der Waals surface area contributed by atoms with E-state index in [4.69, 9.17) is 0 Å². The third kappa shape index (κ3) is 2.78. The van der Waals surface area contributed by atoms with Crippen molar-refractivity contribution in [3.05, 3.63) is 45.7 Å². The van der Waals surface area contributed by atoms with Gasteiger partial charge in [-0.3, -0.25) is 4.79 Å². The summed E-state index contributed by atoms with van der Waals surface area (Å²) in [6.45, 7) is 4.39. The molecule has 0 N–H and O–H groups in total. The van der Waals surface area contributed by atoms with E-state index in [0.29, 0.717) is 0 Å². The van der Waals surface area contributed by atoms with Crippen molar-refractivity contribution < 1.29 is 4.79 Å². The van der Waals surface area contributed by atoms with Gasteiger partial charge in [-0.1, -0.05) is 44.2 Å². The van der Waals surface area contributed by atoms with Crippen LogP contribution >= 0.6 is 23.5 Å². The third-order valence-electron chi connectivity index (χ3n) is 2.71. The van der Waals surface area contributed by atoms with Gasteiger partial charge in [-0.05, 0) is 12.7 Å². The molecular weight excluding hydrogens is 248 g/mol. The molecule has 17 heavy (non-hydrogen) atoms. The van der Waals surface area contributed by atoms with E-state index in [0.717, 1.165) is 17.6 Å². The zero-order valence-electron chi connectivity index (χ0n) is 10.3. The Balaban J connectivity index is 2.31. The van der Waals surface area contributed by atoms with Gasteiger partial charge in [-0.2, -0.15) is 0 Å². The number of ketones is 1. The molecule has 0 amide bonds. The average Bonchev–Trinajstić information content (AvgIpc) is 2.65. The summed E-state index contributed by atoms with van der Waals surface area (Å²) in [5.74, 6) is 0.188. The molecule has 90 valence electrons. The van der Waals surface area contributed by atoms with Crippen LogP contribution in [-0.4, -0.2) is 16.8 Å². The van der Waals surface area contributed by atoms with E-state index in [1.165, 1.54) is 4.24 Å². The lowest BCUT2D eigenvalue weighted by Gasteiger charge is -2.15. The molecule has 0 saturated carbocycles. The van der Waals surface area contributed by atoms with Crippen LogP contribution in [0.2, 0.25) is 0 Å². The molecule has 1 nitrogen and oxygen atoms in total. The number of rotatable bonds is 3. The van der Waals surface area contributed by atoms with Crippen LogP contribution in [-0.2, 0) is 0 Å². The molecule has 1 aromatic rings. The Morgan fingerprint density at radius 2 is 1.94 bits per heavy atom. The lowest BCUT2D eigenvalue weighted by Crippen LogP contribution is -2.12. The molecular formula is C14H16OS2. The molecule has 0 aromatic heterocycles. The average molecular weight is 264 g/mol. The lowest BCUT2D eigenvalue weighted by atomic mass is 9.97. The fraction of sp³-hybridized carbons (Fsp3) is 0.357. The molecule has 0 aliphatic carbocycles. The minimum atomic E-state index is 0.151. The number of carbonyl (C=O) groups is 1. The van der Waals surface area contributed by atoms with Crippen LogP contribution in [0.5, 0.6) is 0 Å². The summed E-state index contributed by atoms with van der Waals surface area (Å²) in [5, 5.41) is 0. The van der Waals surface area contributed by atoms with E-state index in [9.17, 15) is 4.79 Å². The Morgan fingerprint density at radius 3 is 2.53 bits per heavy atom. The first kappa shape index (κ1) is 12.8. The van der Waals surface area contributed by atoms with Crippen LogP contribution in [0.4, 0.5) is 0 Å². The van der Waals surface area contributed by atoms with Gasteiger partial charge in [0, 0.05) is 20.1 Å². The maximum atomic E-state index is 12.4. The zero-order valence-corrected chi connectivity index (χ0v) is 12.0. The molecule has 2 rings (SSSR count). The number of hydrogen-bond donors (Lipinski definition) is 0. The number of carbonyl (C=O) groups excluding carboxylic acids is 1. The molecule has 0 spiro atoms. The molecule has 0 fully saturated rings. The molecule has 1 heterocycles. The van der Waals surface area contributed by atoms with Gasteiger partial charge >= 0.3 is 0 Å². The summed E-state index contributed by atoms with van der Waals surface area (Å²) < 4.78 is 1.34. The summed E-state index contributed by atoms with van der Waals surface area (Å²) in [4.78, 5) is 12.4. The van der Waals surface area contributed by atoms with Gasteiger partial charge in [0.15, 0.2) is 5.78 Å². The topological polar surface area (TPSA) is 17.1 Å². The predicted octanol–water partition coefficient (Wildman–Crippen LogP) is 4.36. The van der Waals surface area contributed by atoms with Crippen molar-refractivity contribution in [2.75, 3.05) is 6.26 Å². The highest BCUT2D eigenvalue weighted by molar-refractivity contribution is 8.22. The van der Waals surface area contributed by atoms with E-state index in [1.54, 1.807) is 11.8 Å². The number of allylic oxidation sites excluding steroid dienone is 1. The van der Waals surface area contributed by atoms with Gasteiger partial charge in [-0.25, -0.2) is 0 Å². The SMILES string of the molecule is CSC1=C(C(=O)c2ccccc2)CC(C)(C)S1. The second kappa shape index (κ2) is 4.91. The first-order valence-electron chi connectivity index (χ1n) is 5.59. The van der Waals surface area contributed by atoms with Gasteiger partial charge in [-0.15, -0.1) is 23.5 Å². The molecule has 0 bridgehead atoms. The monoisotopic (exact) mass is 264 g/mol. The van der Waals surface area contributed by atoms with Gasteiger partial charge in [0.05, 0.1) is 0 Å². The van der Waals surface area contributed by atoms with Crippen LogP contribution in [0.25, 0.3) is 0 Å². The first-order valence-corrected chi connectivity index (χ1v) is 7.63. The van der Waals surface area contributed by atoms with Gasteiger partial charge in [0.1, 0.15) is 0 Å². The van der Waals surface area contributed by atoms with Crippen molar-refractivity contribution in [3.63, 3.8) is 0 Å². The fourth-order valence-corrected chi connectivity index (χ4v) is 4.38. The highest BCUT2D eigenvalue weighted by Crippen LogP contribution is 2.50. The van der Waals surface area contributed by atoms with Crippen molar-refractivity contribution in [3.8, 4) is 0 Å². The van der Waals surface area contributed by atoms with Crippen molar-refractivity contribution in [2.24, 2.45) is 0 Å². The molecule has 0 atom stereocenters. The largest absolute Gasteiger partial charge is 0.289 e. The number of benzene rings is 1. The smallest absolute Gasteiger partial charge is 0.190 e. The summed E-state index contributed by atoms with van der Waals surface area (Å²) in [6, 6.07) is 9.56. The minimum absolute atomic E-state index is 0.151. The highest BCUT2D eigenvalue weighted by Gasteiger charge is 2.34. The second-order valence-electron chi connectivity index (χ2n) is 4.70. The maximum Gasteiger partial charge on any atom is 0.190 e. The lowest BCUT2D eigenvalue weighted by molar-refractivity contribution is 0.103. The number of thioether (sulfide) groups is 2. The normalized spacial score (nSPS) is 18.5. The highest BCUT2D eigenvalue weighted by atomic mass is 32.2. The Bertz CT molecular complexity index is 460. The first-order chi connectivity index (χ1) is 8.03. The second-order valence-corrected chi connectivity index (χ2v) is 7.50. The quantitative estimate of drug-likeness (QED) is 0.755. The van der Waals surface area contributed by atoms with E-state index in [-0.39, 0.29) is 10.5 Å². The zero-order chi connectivity index (χ0) is 12.5. The van der Waals surface area contributed by atoms with Crippen LogP contribution in [0.3, 0.4) is 0 Å². The van der Waals surface area contributed by atoms with E-state index in [1.807, 2.05) is 48.3 Å². The van der Waals surface area contributed by atoms with Crippen LogP contribution in [0.1, 0.15) is 30.6 Å². The van der Waals surface area contributed by atoms with Crippen molar-refractivity contribution in [2.45, 2.75) is 25.0 Å². The summed E-state index contributed by atoms with van der Waals surface area (Å²) in [7, 11) is 0. The summed E-state index contributed by atoms with van der Waals surface area (Å²) >= 11 is 3.51. The molecule has 0 saturated heterocycles. The van der Waals surface area contributed by atoms with Gasteiger partial charge < -0.3 is 0 Å². The third-order valence-corrected chi connectivity index (χ3v) is 5.21. The minimum Gasteiger partial charge on any atom is -0.289 e. The number of Topliss-reactive ketones (excluding diaryl/α,β-unsaturated/α-hetero) is 1. The van der Waals surface area contributed by atoms with E-state index < -0.39 is 0 Å². The molecule has 3 heteroatoms. The van der Waals surface area contributed by atoms with Gasteiger partial charge in [0.2, 0.25) is 0 Å². The molecule has 1 aliphatic heterocycles. The summed E-state index contributed by atoms with van der Waals surface area (Å²) in [5.41, 5.74) is 1.78. The van der Waals surface area contributed by atoms with Crippen LogP contribution in [0, 0.1) is 0 Å². The van der Waals surface area contributed by atoms with Crippen LogP contribution < -0.4 is 0 Å². The fourth-order valence-electron chi connectivity index (χ4n) is 1.95. The number of hydrogen-bond acceptors (Lipinski definition) is 3. The van der Waals surface area contributed by atoms with E-state index >= 15 is 0 Å². The summed E-state index contributed by atoms with van der Waals surface area (Å²) in [6.07, 6.45) is 2.91. The Morgan fingerprint density at radius 1 is 1.29 bits per heavy atom. The Kier molecular flexibility index (Phi) is 3.69.